The average Bonchev–Trinajstić information content (AvgIpc) is 2.61. The van der Waals surface area contributed by atoms with Gasteiger partial charge < -0.3 is 16.8 Å². The van der Waals surface area contributed by atoms with Gasteiger partial charge in [0.1, 0.15) is 11.6 Å². The Labute approximate surface area is 147 Å². The summed E-state index contributed by atoms with van der Waals surface area (Å²) in [4.78, 5) is 12.2. The molecule has 2 aromatic heterocycles. The Morgan fingerprint density at radius 3 is 2.38 bits per heavy atom. The minimum atomic E-state index is -4.48. The molecule has 0 radical (unpaired) electrons. The number of benzene rings is 1. The smallest absolute Gasteiger partial charge is 0.383 e. The first-order valence-corrected chi connectivity index (χ1v) is 7.54. The third kappa shape index (κ3) is 3.37. The Hall–Kier alpha value is -3.36. The van der Waals surface area contributed by atoms with Gasteiger partial charge in [0.05, 0.1) is 16.8 Å². The van der Waals surface area contributed by atoms with Crippen molar-refractivity contribution in [2.24, 2.45) is 0 Å². The number of aromatic nitrogens is 3. The van der Waals surface area contributed by atoms with Crippen LogP contribution in [0.5, 0.6) is 0 Å². The van der Waals surface area contributed by atoms with Crippen LogP contribution < -0.4 is 16.8 Å². The van der Waals surface area contributed by atoms with Crippen molar-refractivity contribution in [2.45, 2.75) is 6.18 Å². The number of nitrogen functional groups attached to an aromatic ring is 2. The van der Waals surface area contributed by atoms with Crippen LogP contribution >= 0.6 is 0 Å². The van der Waals surface area contributed by atoms with E-state index in [1.165, 1.54) is 18.3 Å². The molecule has 9 heteroatoms. The van der Waals surface area contributed by atoms with E-state index in [0.717, 1.165) is 12.1 Å². The molecule has 0 aliphatic rings. The topological polar surface area (TPSA) is 103 Å². The number of halogens is 3. The van der Waals surface area contributed by atoms with Gasteiger partial charge in [-0.3, -0.25) is 0 Å². The van der Waals surface area contributed by atoms with E-state index in [2.05, 4.69) is 20.3 Å². The molecule has 0 amide bonds. The molecule has 0 saturated carbocycles. The van der Waals surface area contributed by atoms with E-state index < -0.39 is 11.7 Å². The zero-order valence-corrected chi connectivity index (χ0v) is 13.7. The van der Waals surface area contributed by atoms with Crippen molar-refractivity contribution in [1.29, 1.82) is 0 Å². The third-order valence-electron chi connectivity index (χ3n) is 3.73. The van der Waals surface area contributed by atoms with Crippen molar-refractivity contribution >= 4 is 17.6 Å². The lowest BCUT2D eigenvalue weighted by Crippen LogP contribution is -2.07. The molecule has 134 valence electrons. The molecule has 0 aliphatic carbocycles. The Balaban J connectivity index is 2.21. The number of nitrogens with one attached hydrogen (secondary N) is 1. The van der Waals surface area contributed by atoms with Crippen molar-refractivity contribution in [3.8, 4) is 22.4 Å². The standard InChI is InChI=1S/C17H15F3N6/c1-23-12-6-5-10(8-24-12)13-14(25-16(22)26-15(13)21)9-3-2-4-11(7-9)17(18,19)20/h2-8H,1H3,(H,23,24)(H4,21,22,25,26). The maximum atomic E-state index is 13.0. The number of alkyl halides is 3. The highest BCUT2D eigenvalue weighted by Gasteiger charge is 2.31. The molecule has 0 unspecified atom stereocenters. The van der Waals surface area contributed by atoms with Gasteiger partial charge in [-0.25, -0.2) is 9.97 Å². The van der Waals surface area contributed by atoms with Crippen LogP contribution in [-0.2, 0) is 6.18 Å². The molecule has 0 saturated heterocycles. The molecule has 0 bridgehead atoms. The third-order valence-corrected chi connectivity index (χ3v) is 3.73. The fraction of sp³-hybridized carbons (Fsp3) is 0.118. The van der Waals surface area contributed by atoms with E-state index in [1.54, 1.807) is 19.2 Å². The summed E-state index contributed by atoms with van der Waals surface area (Å²) in [5.41, 5.74) is 12.2. The number of anilines is 3. The molecular formula is C17H15F3N6. The number of rotatable bonds is 3. The Kier molecular flexibility index (Phi) is 4.37. The molecule has 0 fully saturated rings. The Morgan fingerprint density at radius 1 is 1.00 bits per heavy atom. The van der Waals surface area contributed by atoms with E-state index in [1.807, 2.05) is 0 Å². The summed E-state index contributed by atoms with van der Waals surface area (Å²) in [5.74, 6) is 0.562. The zero-order valence-electron chi connectivity index (χ0n) is 13.7. The normalized spacial score (nSPS) is 11.4. The number of hydrogen-bond donors (Lipinski definition) is 3. The van der Waals surface area contributed by atoms with Crippen LogP contribution in [0.15, 0.2) is 42.6 Å². The van der Waals surface area contributed by atoms with Crippen LogP contribution in [0, 0.1) is 0 Å². The predicted octanol–water partition coefficient (Wildman–Crippen LogP) is 3.43. The summed E-state index contributed by atoms with van der Waals surface area (Å²) in [6.45, 7) is 0. The lowest BCUT2D eigenvalue weighted by Gasteiger charge is -2.14. The fourth-order valence-electron chi connectivity index (χ4n) is 2.52. The number of nitrogens with two attached hydrogens (primary N) is 2. The lowest BCUT2D eigenvalue weighted by molar-refractivity contribution is -0.137. The van der Waals surface area contributed by atoms with Crippen molar-refractivity contribution in [2.75, 3.05) is 23.8 Å². The van der Waals surface area contributed by atoms with Crippen molar-refractivity contribution in [1.82, 2.24) is 15.0 Å². The maximum absolute atomic E-state index is 13.0. The number of nitrogens with zero attached hydrogens (tertiary/aromatic N) is 3. The molecule has 6 nitrogen and oxygen atoms in total. The molecule has 0 spiro atoms. The first kappa shape index (κ1) is 17.5. The maximum Gasteiger partial charge on any atom is 0.416 e. The van der Waals surface area contributed by atoms with Gasteiger partial charge in [0.2, 0.25) is 5.95 Å². The zero-order chi connectivity index (χ0) is 18.9. The van der Waals surface area contributed by atoms with Gasteiger partial charge in [-0.2, -0.15) is 18.2 Å². The van der Waals surface area contributed by atoms with Gasteiger partial charge in [-0.15, -0.1) is 0 Å². The van der Waals surface area contributed by atoms with Gasteiger partial charge in [-0.05, 0) is 24.3 Å². The molecule has 26 heavy (non-hydrogen) atoms. The summed E-state index contributed by atoms with van der Waals surface area (Å²) < 4.78 is 39.1. The van der Waals surface area contributed by atoms with Crippen molar-refractivity contribution < 1.29 is 13.2 Å². The second-order valence-corrected chi connectivity index (χ2v) is 5.45. The van der Waals surface area contributed by atoms with Gasteiger partial charge in [0.25, 0.3) is 0 Å². The molecular weight excluding hydrogens is 345 g/mol. The molecule has 0 aliphatic heterocycles. The van der Waals surface area contributed by atoms with Gasteiger partial charge in [0, 0.05) is 24.4 Å². The van der Waals surface area contributed by atoms with Crippen LogP contribution in [-0.4, -0.2) is 22.0 Å². The summed E-state index contributed by atoms with van der Waals surface area (Å²) in [5, 5.41) is 2.88. The summed E-state index contributed by atoms with van der Waals surface area (Å²) >= 11 is 0. The number of hydrogen-bond acceptors (Lipinski definition) is 6. The SMILES string of the molecule is CNc1ccc(-c2c(N)nc(N)nc2-c2cccc(C(F)(F)F)c2)cn1. The molecule has 5 N–H and O–H groups in total. The number of pyridine rings is 1. The minimum absolute atomic E-state index is 0.0592. The predicted molar refractivity (Wildman–Crippen MR) is 94.1 cm³/mol. The highest BCUT2D eigenvalue weighted by atomic mass is 19.4. The van der Waals surface area contributed by atoms with Crippen molar-refractivity contribution in [3.63, 3.8) is 0 Å². The van der Waals surface area contributed by atoms with Crippen LogP contribution in [0.3, 0.4) is 0 Å². The van der Waals surface area contributed by atoms with E-state index >= 15 is 0 Å². The summed E-state index contributed by atoms with van der Waals surface area (Å²) in [6, 6.07) is 8.23. The molecule has 3 aromatic rings. The van der Waals surface area contributed by atoms with Gasteiger partial charge >= 0.3 is 6.18 Å². The van der Waals surface area contributed by atoms with E-state index in [4.69, 9.17) is 11.5 Å². The monoisotopic (exact) mass is 360 g/mol. The molecule has 0 atom stereocenters. The highest BCUT2D eigenvalue weighted by molar-refractivity contribution is 5.88. The largest absolute Gasteiger partial charge is 0.416 e. The van der Waals surface area contributed by atoms with Crippen LogP contribution in [0.2, 0.25) is 0 Å². The van der Waals surface area contributed by atoms with Gasteiger partial charge in [-0.1, -0.05) is 12.1 Å². The van der Waals surface area contributed by atoms with Crippen LogP contribution in [0.25, 0.3) is 22.4 Å². The van der Waals surface area contributed by atoms with Gasteiger partial charge in [0.15, 0.2) is 0 Å². The summed E-state index contributed by atoms with van der Waals surface area (Å²) in [6.07, 6.45) is -2.94. The first-order chi connectivity index (χ1) is 12.3. The second-order valence-electron chi connectivity index (χ2n) is 5.45. The summed E-state index contributed by atoms with van der Waals surface area (Å²) in [7, 11) is 1.72. The van der Waals surface area contributed by atoms with E-state index in [9.17, 15) is 13.2 Å². The second kappa shape index (κ2) is 6.51. The van der Waals surface area contributed by atoms with Crippen LogP contribution in [0.1, 0.15) is 5.56 Å². The van der Waals surface area contributed by atoms with Crippen LogP contribution in [0.4, 0.5) is 30.8 Å². The Bertz CT molecular complexity index is 938. The average molecular weight is 360 g/mol. The van der Waals surface area contributed by atoms with E-state index in [0.29, 0.717) is 16.9 Å². The quantitative estimate of drug-likeness (QED) is 0.661. The first-order valence-electron chi connectivity index (χ1n) is 7.54. The molecule has 2 heterocycles. The Morgan fingerprint density at radius 2 is 1.77 bits per heavy atom. The lowest BCUT2D eigenvalue weighted by atomic mass is 9.99. The molecule has 1 aromatic carbocycles. The highest BCUT2D eigenvalue weighted by Crippen LogP contribution is 2.37. The molecule has 3 rings (SSSR count). The van der Waals surface area contributed by atoms with Crippen molar-refractivity contribution in [3.05, 3.63) is 48.2 Å². The fourth-order valence-corrected chi connectivity index (χ4v) is 2.52. The van der Waals surface area contributed by atoms with E-state index in [-0.39, 0.29) is 23.0 Å². The minimum Gasteiger partial charge on any atom is -0.383 e.